The predicted octanol–water partition coefficient (Wildman–Crippen LogP) is 2.11. The van der Waals surface area contributed by atoms with Gasteiger partial charge in [0.25, 0.3) is 5.91 Å². The number of sulfonamides is 1. The lowest BCUT2D eigenvalue weighted by Crippen LogP contribution is -2.45. The van der Waals surface area contributed by atoms with Gasteiger partial charge in [-0.05, 0) is 42.9 Å². The smallest absolute Gasteiger partial charge is 0.338 e. The van der Waals surface area contributed by atoms with Gasteiger partial charge in [0.2, 0.25) is 10.0 Å². The highest BCUT2D eigenvalue weighted by Gasteiger charge is 2.29. The van der Waals surface area contributed by atoms with Crippen LogP contribution in [0.25, 0.3) is 0 Å². The summed E-state index contributed by atoms with van der Waals surface area (Å²) < 4.78 is 37.5. The van der Waals surface area contributed by atoms with Crippen LogP contribution in [0.5, 0.6) is 0 Å². The summed E-state index contributed by atoms with van der Waals surface area (Å²) in [5.41, 5.74) is 0.725. The summed E-state index contributed by atoms with van der Waals surface area (Å²) in [4.78, 5) is 24.9. The van der Waals surface area contributed by atoms with Gasteiger partial charge in [-0.3, -0.25) is 4.79 Å². The number of carbonyl (C=O) groups is 2. The average Bonchev–Trinajstić information content (AvgIpc) is 2.76. The number of hydrogen-bond acceptors (Lipinski definition) is 6. The molecule has 1 saturated carbocycles. The van der Waals surface area contributed by atoms with Crippen LogP contribution in [0.4, 0.5) is 0 Å². The van der Waals surface area contributed by atoms with Crippen LogP contribution in [-0.4, -0.2) is 63.6 Å². The second-order valence-corrected chi connectivity index (χ2v) is 10.4. The molecule has 3 atom stereocenters. The average molecular weight is 453 g/mol. The minimum Gasteiger partial charge on any atom is -0.452 e. The standard InChI is InChI=1S/C22H32N2O6S/c1-15-5-4-6-20(17(15)3)23-21(25)14-30-22(26)19-13-18(8-7-16(19)2)31(27,28)24-9-11-29-12-10-24/h7-8,13,15,17,20H,4-6,9-12,14H2,1-3H3,(H,23,25)/t15-,17+,20-/m1/s1. The molecule has 1 amide bonds. The molecule has 1 aromatic carbocycles. The van der Waals surface area contributed by atoms with Crippen LogP contribution in [0, 0.1) is 18.8 Å². The van der Waals surface area contributed by atoms with Gasteiger partial charge in [0, 0.05) is 19.1 Å². The molecule has 0 radical (unpaired) electrons. The fraction of sp³-hybridized carbons (Fsp3) is 0.636. The van der Waals surface area contributed by atoms with E-state index in [1.807, 2.05) is 0 Å². The lowest BCUT2D eigenvalue weighted by atomic mass is 9.78. The Kier molecular flexibility index (Phi) is 7.72. The second kappa shape index (κ2) is 10.1. The SMILES string of the molecule is Cc1ccc(S(=O)(=O)N2CCOCC2)cc1C(=O)OCC(=O)N[C@@H]1CCC[C@@H](C)[C@@H]1C. The van der Waals surface area contributed by atoms with Crippen LogP contribution >= 0.6 is 0 Å². The highest BCUT2D eigenvalue weighted by Crippen LogP contribution is 2.29. The third kappa shape index (κ3) is 5.64. The van der Waals surface area contributed by atoms with E-state index in [0.717, 1.165) is 19.3 Å². The molecule has 1 heterocycles. The zero-order valence-corrected chi connectivity index (χ0v) is 19.2. The van der Waals surface area contributed by atoms with E-state index in [1.165, 1.54) is 16.4 Å². The number of nitrogens with one attached hydrogen (secondary N) is 1. The van der Waals surface area contributed by atoms with E-state index < -0.39 is 22.6 Å². The zero-order valence-electron chi connectivity index (χ0n) is 18.4. The Bertz CT molecular complexity index is 911. The first-order valence-electron chi connectivity index (χ1n) is 10.8. The largest absolute Gasteiger partial charge is 0.452 e. The summed E-state index contributed by atoms with van der Waals surface area (Å²) in [6.45, 7) is 6.85. The first kappa shape index (κ1) is 23.7. The van der Waals surface area contributed by atoms with Crippen LogP contribution in [0.1, 0.15) is 49.0 Å². The van der Waals surface area contributed by atoms with E-state index in [0.29, 0.717) is 30.6 Å². The lowest BCUT2D eigenvalue weighted by molar-refractivity contribution is -0.125. The highest BCUT2D eigenvalue weighted by atomic mass is 32.2. The molecule has 1 saturated heterocycles. The van der Waals surface area contributed by atoms with Crippen LogP contribution in [0.2, 0.25) is 0 Å². The van der Waals surface area contributed by atoms with Gasteiger partial charge in [-0.1, -0.05) is 32.8 Å². The highest BCUT2D eigenvalue weighted by molar-refractivity contribution is 7.89. The molecule has 1 aromatic rings. The second-order valence-electron chi connectivity index (χ2n) is 8.51. The monoisotopic (exact) mass is 452 g/mol. The van der Waals surface area contributed by atoms with E-state index in [9.17, 15) is 18.0 Å². The van der Waals surface area contributed by atoms with Crippen molar-refractivity contribution in [1.82, 2.24) is 9.62 Å². The van der Waals surface area contributed by atoms with Crippen molar-refractivity contribution < 1.29 is 27.5 Å². The van der Waals surface area contributed by atoms with Crippen molar-refractivity contribution in [1.29, 1.82) is 0 Å². The van der Waals surface area contributed by atoms with E-state index in [4.69, 9.17) is 9.47 Å². The normalized spacial score (nSPS) is 25.1. The third-order valence-corrected chi connectivity index (χ3v) is 8.32. The van der Waals surface area contributed by atoms with Gasteiger partial charge >= 0.3 is 5.97 Å². The molecule has 172 valence electrons. The van der Waals surface area contributed by atoms with Crippen LogP contribution in [0.3, 0.4) is 0 Å². The first-order valence-corrected chi connectivity index (χ1v) is 12.3. The molecule has 31 heavy (non-hydrogen) atoms. The molecule has 1 aliphatic carbocycles. The Morgan fingerprint density at radius 3 is 2.61 bits per heavy atom. The maximum Gasteiger partial charge on any atom is 0.338 e. The van der Waals surface area contributed by atoms with Crippen molar-refractivity contribution in [2.75, 3.05) is 32.9 Å². The minimum atomic E-state index is -3.73. The molecule has 0 aromatic heterocycles. The van der Waals surface area contributed by atoms with Crippen molar-refractivity contribution in [2.24, 2.45) is 11.8 Å². The first-order chi connectivity index (χ1) is 14.7. The topological polar surface area (TPSA) is 102 Å². The van der Waals surface area contributed by atoms with Gasteiger partial charge in [0.05, 0.1) is 23.7 Å². The molecule has 2 fully saturated rings. The molecule has 0 bridgehead atoms. The van der Waals surface area contributed by atoms with Gasteiger partial charge < -0.3 is 14.8 Å². The van der Waals surface area contributed by atoms with E-state index in [1.54, 1.807) is 13.0 Å². The number of carbonyl (C=O) groups excluding carboxylic acids is 2. The number of benzene rings is 1. The van der Waals surface area contributed by atoms with Gasteiger partial charge in [-0.15, -0.1) is 0 Å². The molecule has 1 aliphatic heterocycles. The van der Waals surface area contributed by atoms with E-state index in [2.05, 4.69) is 19.2 Å². The van der Waals surface area contributed by atoms with Gasteiger partial charge in [-0.2, -0.15) is 4.31 Å². The van der Waals surface area contributed by atoms with Crippen molar-refractivity contribution >= 4 is 21.9 Å². The summed E-state index contributed by atoms with van der Waals surface area (Å²) in [7, 11) is -3.73. The summed E-state index contributed by atoms with van der Waals surface area (Å²) in [5, 5.41) is 2.97. The van der Waals surface area contributed by atoms with Crippen molar-refractivity contribution in [2.45, 2.75) is 51.0 Å². The number of aryl methyl sites for hydroxylation is 1. The fourth-order valence-corrected chi connectivity index (χ4v) is 5.60. The van der Waals surface area contributed by atoms with Gasteiger partial charge in [0.15, 0.2) is 6.61 Å². The zero-order chi connectivity index (χ0) is 22.6. The number of morpholine rings is 1. The van der Waals surface area contributed by atoms with Crippen LogP contribution in [-0.2, 0) is 24.3 Å². The summed E-state index contributed by atoms with van der Waals surface area (Å²) in [6, 6.07) is 4.47. The Balaban J connectivity index is 1.63. The number of hydrogen-bond donors (Lipinski definition) is 1. The Morgan fingerprint density at radius 2 is 1.90 bits per heavy atom. The van der Waals surface area contributed by atoms with Crippen LogP contribution in [0.15, 0.2) is 23.1 Å². The molecule has 3 rings (SSSR count). The quantitative estimate of drug-likeness (QED) is 0.664. The molecule has 8 nitrogen and oxygen atoms in total. The Labute approximate surface area is 184 Å². The van der Waals surface area contributed by atoms with Crippen LogP contribution < -0.4 is 5.32 Å². The van der Waals surface area contributed by atoms with Crippen molar-refractivity contribution in [3.63, 3.8) is 0 Å². The third-order valence-electron chi connectivity index (χ3n) is 6.42. The number of nitrogens with zero attached hydrogens (tertiary/aromatic N) is 1. The molecule has 2 aliphatic rings. The number of amides is 1. The molecule has 9 heteroatoms. The maximum atomic E-state index is 12.9. The molecule has 0 unspecified atom stereocenters. The number of ether oxygens (including phenoxy) is 2. The molecule has 0 spiro atoms. The summed E-state index contributed by atoms with van der Waals surface area (Å²) in [6.07, 6.45) is 3.15. The van der Waals surface area contributed by atoms with E-state index >= 15 is 0 Å². The lowest BCUT2D eigenvalue weighted by Gasteiger charge is -2.34. The summed E-state index contributed by atoms with van der Waals surface area (Å²) >= 11 is 0. The minimum absolute atomic E-state index is 0.0291. The van der Waals surface area contributed by atoms with Gasteiger partial charge in [-0.25, -0.2) is 13.2 Å². The summed E-state index contributed by atoms with van der Waals surface area (Å²) in [5.74, 6) is -0.135. The fourth-order valence-electron chi connectivity index (χ4n) is 4.16. The Morgan fingerprint density at radius 1 is 1.19 bits per heavy atom. The molecular weight excluding hydrogens is 420 g/mol. The van der Waals surface area contributed by atoms with Crippen molar-refractivity contribution in [3.8, 4) is 0 Å². The number of rotatable bonds is 6. The van der Waals surface area contributed by atoms with Crippen molar-refractivity contribution in [3.05, 3.63) is 29.3 Å². The predicted molar refractivity (Wildman–Crippen MR) is 115 cm³/mol. The molecular formula is C22H32N2O6S. The maximum absolute atomic E-state index is 12.9. The van der Waals surface area contributed by atoms with Gasteiger partial charge in [0.1, 0.15) is 0 Å². The molecule has 1 N–H and O–H groups in total. The number of esters is 1. The Hall–Kier alpha value is -1.97. The van der Waals surface area contributed by atoms with E-state index in [-0.39, 0.29) is 35.5 Å².